The first-order chi connectivity index (χ1) is 7.61. The minimum Gasteiger partial charge on any atom is -0.493 e. The smallest absolute Gasteiger partial charge is 0.125 e. The fourth-order valence-corrected chi connectivity index (χ4v) is 2.09. The van der Waals surface area contributed by atoms with Gasteiger partial charge in [0, 0.05) is 5.02 Å². The van der Waals surface area contributed by atoms with Gasteiger partial charge in [-0.2, -0.15) is 0 Å². The molecule has 0 bridgehead atoms. The molecule has 0 spiro atoms. The summed E-state index contributed by atoms with van der Waals surface area (Å²) in [7, 11) is 0. The van der Waals surface area contributed by atoms with E-state index in [1.54, 1.807) is 0 Å². The molecule has 0 aliphatic heterocycles. The third-order valence-corrected chi connectivity index (χ3v) is 3.07. The number of hydrogen-bond acceptors (Lipinski definition) is 1. The van der Waals surface area contributed by atoms with Crippen molar-refractivity contribution < 1.29 is 4.74 Å². The molecule has 16 heavy (non-hydrogen) atoms. The molecule has 0 aliphatic rings. The first-order valence-electron chi connectivity index (χ1n) is 5.64. The summed E-state index contributed by atoms with van der Waals surface area (Å²) in [5, 5.41) is 0.819. The lowest BCUT2D eigenvalue weighted by Crippen LogP contribution is -2.02. The van der Waals surface area contributed by atoms with Crippen molar-refractivity contribution in [3.63, 3.8) is 0 Å². The molecule has 0 heterocycles. The van der Waals surface area contributed by atoms with Crippen molar-refractivity contribution in [1.82, 2.24) is 0 Å². The van der Waals surface area contributed by atoms with E-state index >= 15 is 0 Å². The quantitative estimate of drug-likeness (QED) is 0.688. The van der Waals surface area contributed by atoms with Crippen LogP contribution in [0.4, 0.5) is 0 Å². The van der Waals surface area contributed by atoms with Gasteiger partial charge in [-0.1, -0.05) is 17.7 Å². The first-order valence-corrected chi connectivity index (χ1v) is 6.01. The molecular weight excluding hydrogens is 220 g/mol. The predicted octanol–water partition coefficient (Wildman–Crippen LogP) is 4.47. The van der Waals surface area contributed by atoms with E-state index in [-0.39, 0.29) is 0 Å². The molecule has 88 valence electrons. The topological polar surface area (TPSA) is 9.23 Å². The van der Waals surface area contributed by atoms with Gasteiger partial charge in [-0.15, -0.1) is 6.58 Å². The van der Waals surface area contributed by atoms with Crippen LogP contribution in [0.3, 0.4) is 0 Å². The molecule has 0 unspecified atom stereocenters. The lowest BCUT2D eigenvalue weighted by molar-refractivity contribution is 0.334. The fraction of sp³-hybridized carbons (Fsp3) is 0.429. The van der Waals surface area contributed by atoms with E-state index in [4.69, 9.17) is 16.3 Å². The predicted molar refractivity (Wildman–Crippen MR) is 70.6 cm³/mol. The number of ether oxygens (including phenoxy) is 1. The van der Waals surface area contributed by atoms with E-state index in [1.165, 1.54) is 5.56 Å². The summed E-state index contributed by atoms with van der Waals surface area (Å²) in [5.74, 6) is 0.992. The summed E-state index contributed by atoms with van der Waals surface area (Å²) in [6.07, 6.45) is 3.80. The minimum absolute atomic E-state index is 0.684. The maximum Gasteiger partial charge on any atom is 0.125 e. The van der Waals surface area contributed by atoms with Crippen LogP contribution < -0.4 is 4.74 Å². The number of benzene rings is 1. The number of rotatable bonds is 5. The third-order valence-electron chi connectivity index (χ3n) is 2.67. The molecule has 0 aliphatic carbocycles. The van der Waals surface area contributed by atoms with Gasteiger partial charge >= 0.3 is 0 Å². The van der Waals surface area contributed by atoms with Gasteiger partial charge in [0.1, 0.15) is 5.75 Å². The van der Waals surface area contributed by atoms with E-state index < -0.39 is 0 Å². The number of allylic oxidation sites excluding steroid dienone is 1. The average Bonchev–Trinajstić information content (AvgIpc) is 2.25. The highest BCUT2D eigenvalue weighted by Crippen LogP contribution is 2.33. The highest BCUT2D eigenvalue weighted by atomic mass is 35.5. The molecule has 0 saturated carbocycles. The number of aryl methyl sites for hydroxylation is 1. The molecule has 0 N–H and O–H groups in total. The Hall–Kier alpha value is -0.950. The Morgan fingerprint density at radius 3 is 2.69 bits per heavy atom. The van der Waals surface area contributed by atoms with E-state index in [0.29, 0.717) is 6.61 Å². The monoisotopic (exact) mass is 238 g/mol. The molecule has 0 radical (unpaired) electrons. The molecule has 1 aromatic carbocycles. The Bertz CT molecular complexity index is 383. The van der Waals surface area contributed by atoms with Gasteiger partial charge in [-0.3, -0.25) is 0 Å². The molecular formula is C14H19ClO. The molecule has 0 aromatic heterocycles. The van der Waals surface area contributed by atoms with Crippen molar-refractivity contribution in [2.24, 2.45) is 0 Å². The van der Waals surface area contributed by atoms with Crippen molar-refractivity contribution in [3.8, 4) is 5.75 Å². The average molecular weight is 239 g/mol. The second-order valence-electron chi connectivity index (χ2n) is 3.87. The van der Waals surface area contributed by atoms with E-state index in [0.717, 1.165) is 34.7 Å². The zero-order chi connectivity index (χ0) is 12.1. The van der Waals surface area contributed by atoms with Gasteiger partial charge in [0.2, 0.25) is 0 Å². The zero-order valence-corrected chi connectivity index (χ0v) is 11.0. The van der Waals surface area contributed by atoms with Crippen molar-refractivity contribution in [3.05, 3.63) is 40.4 Å². The van der Waals surface area contributed by atoms with Gasteiger partial charge in [0.05, 0.1) is 6.61 Å². The van der Waals surface area contributed by atoms with Crippen LogP contribution in [-0.4, -0.2) is 6.61 Å². The van der Waals surface area contributed by atoms with E-state index in [1.807, 2.05) is 32.9 Å². The maximum atomic E-state index is 6.19. The normalized spacial score (nSPS) is 10.2. The summed E-state index contributed by atoms with van der Waals surface area (Å²) < 4.78 is 5.71. The molecule has 0 amide bonds. The van der Waals surface area contributed by atoms with Crippen LogP contribution in [0.15, 0.2) is 18.7 Å². The van der Waals surface area contributed by atoms with E-state index in [9.17, 15) is 0 Å². The van der Waals surface area contributed by atoms with Crippen LogP contribution in [0, 0.1) is 13.8 Å². The van der Waals surface area contributed by atoms with Gasteiger partial charge < -0.3 is 4.74 Å². The van der Waals surface area contributed by atoms with Crippen LogP contribution in [-0.2, 0) is 6.42 Å². The van der Waals surface area contributed by atoms with Crippen LogP contribution in [0.5, 0.6) is 5.75 Å². The molecule has 0 atom stereocenters. The Morgan fingerprint density at radius 2 is 2.12 bits per heavy atom. The van der Waals surface area contributed by atoms with Crippen molar-refractivity contribution in [2.75, 3.05) is 6.61 Å². The molecule has 1 nitrogen and oxygen atoms in total. The summed E-state index contributed by atoms with van der Waals surface area (Å²) in [6, 6.07) is 1.97. The number of hydrogen-bond donors (Lipinski definition) is 0. The molecule has 0 saturated heterocycles. The Labute approximate surface area is 103 Å². The first kappa shape index (κ1) is 13.1. The van der Waals surface area contributed by atoms with E-state index in [2.05, 4.69) is 6.58 Å². The van der Waals surface area contributed by atoms with Crippen molar-refractivity contribution in [2.45, 2.75) is 33.6 Å². The Kier molecular flexibility index (Phi) is 4.88. The summed E-state index contributed by atoms with van der Waals surface area (Å²) in [5.41, 5.74) is 3.45. The highest BCUT2D eigenvalue weighted by Gasteiger charge is 2.12. The third kappa shape index (κ3) is 2.79. The van der Waals surface area contributed by atoms with Crippen molar-refractivity contribution in [1.29, 1.82) is 0 Å². The summed E-state index contributed by atoms with van der Waals surface area (Å²) in [6.45, 7) is 10.5. The van der Waals surface area contributed by atoms with Crippen molar-refractivity contribution >= 4 is 11.6 Å². The summed E-state index contributed by atoms with van der Waals surface area (Å²) >= 11 is 6.19. The summed E-state index contributed by atoms with van der Waals surface area (Å²) in [4.78, 5) is 0. The minimum atomic E-state index is 0.684. The fourth-order valence-electron chi connectivity index (χ4n) is 1.81. The van der Waals surface area contributed by atoms with Gasteiger partial charge in [0.15, 0.2) is 0 Å². The second-order valence-corrected chi connectivity index (χ2v) is 4.28. The highest BCUT2D eigenvalue weighted by molar-refractivity contribution is 6.31. The Morgan fingerprint density at radius 1 is 1.44 bits per heavy atom. The Balaban J connectivity index is 3.21. The second kappa shape index (κ2) is 5.95. The van der Waals surface area contributed by atoms with Gasteiger partial charge in [-0.05, 0) is 56.4 Å². The van der Waals surface area contributed by atoms with Gasteiger partial charge in [0.25, 0.3) is 0 Å². The zero-order valence-electron chi connectivity index (χ0n) is 10.3. The van der Waals surface area contributed by atoms with Crippen LogP contribution >= 0.6 is 11.6 Å². The number of halogens is 1. The molecule has 1 aromatic rings. The van der Waals surface area contributed by atoms with Crippen LogP contribution in [0.1, 0.15) is 30.0 Å². The largest absolute Gasteiger partial charge is 0.493 e. The van der Waals surface area contributed by atoms with Crippen LogP contribution in [0.2, 0.25) is 5.02 Å². The lowest BCUT2D eigenvalue weighted by Gasteiger charge is -2.16. The SMILES string of the molecule is C=CCCc1c(C)c(Cl)cc(C)c1OCC. The maximum absolute atomic E-state index is 6.19. The standard InChI is InChI=1S/C14H19ClO/c1-5-7-8-12-11(4)13(15)9-10(3)14(12)16-6-2/h5,9H,1,6-8H2,2-4H3. The van der Waals surface area contributed by atoms with Gasteiger partial charge in [-0.25, -0.2) is 0 Å². The molecule has 2 heteroatoms. The lowest BCUT2D eigenvalue weighted by atomic mass is 9.99. The van der Waals surface area contributed by atoms with Crippen LogP contribution in [0.25, 0.3) is 0 Å². The molecule has 1 rings (SSSR count). The molecule has 0 fully saturated rings.